The van der Waals surface area contributed by atoms with Gasteiger partial charge in [-0.15, -0.1) is 0 Å². The fraction of sp³-hybridized carbons (Fsp3) is 0.286. The number of nitrogens with one attached hydrogen (secondary N) is 1. The molecule has 1 aromatic carbocycles. The lowest BCUT2D eigenvalue weighted by Gasteiger charge is -2.43. The van der Waals surface area contributed by atoms with Crippen LogP contribution in [0.4, 0.5) is 10.2 Å². The quantitative estimate of drug-likeness (QED) is 0.653. The number of hydrogen-bond acceptors (Lipinski definition) is 7. The third-order valence-corrected chi connectivity index (χ3v) is 5.32. The molecule has 3 heterocycles. The minimum Gasteiger partial charge on any atom is -0.501 e. The van der Waals surface area contributed by atoms with Crippen molar-refractivity contribution in [1.29, 1.82) is 0 Å². The van der Waals surface area contributed by atoms with Gasteiger partial charge in [0, 0.05) is 32.0 Å². The average molecular weight is 424 g/mol. The van der Waals surface area contributed by atoms with Gasteiger partial charge in [0.2, 0.25) is 5.75 Å². The highest BCUT2D eigenvalue weighted by molar-refractivity contribution is 5.94. The molecule has 3 aromatic rings. The number of aromatic nitrogens is 4. The highest BCUT2D eigenvalue weighted by atomic mass is 19.1. The molecule has 9 nitrogen and oxygen atoms in total. The van der Waals surface area contributed by atoms with Crippen molar-refractivity contribution >= 4 is 11.7 Å². The molecule has 2 N–H and O–H groups in total. The van der Waals surface area contributed by atoms with E-state index < -0.39 is 22.8 Å². The summed E-state index contributed by atoms with van der Waals surface area (Å²) in [4.78, 5) is 40.3. The Bertz CT molecular complexity index is 1180. The van der Waals surface area contributed by atoms with Crippen molar-refractivity contribution in [2.45, 2.75) is 32.5 Å². The third-order valence-electron chi connectivity index (χ3n) is 5.32. The maximum Gasteiger partial charge on any atom is 0.296 e. The van der Waals surface area contributed by atoms with Gasteiger partial charge in [0.25, 0.3) is 11.5 Å². The summed E-state index contributed by atoms with van der Waals surface area (Å²) in [5.74, 6) is -0.839. The summed E-state index contributed by atoms with van der Waals surface area (Å²) in [6, 6.07) is 5.64. The van der Waals surface area contributed by atoms with Crippen LogP contribution < -0.4 is 15.8 Å². The van der Waals surface area contributed by atoms with Crippen LogP contribution in [0.3, 0.4) is 0 Å². The number of anilines is 1. The number of fused-ring (bicyclic) bond motifs is 1. The minimum absolute atomic E-state index is 0.0910. The van der Waals surface area contributed by atoms with Crippen LogP contribution in [0.5, 0.6) is 5.75 Å². The van der Waals surface area contributed by atoms with Crippen molar-refractivity contribution in [2.75, 3.05) is 11.4 Å². The molecule has 0 spiro atoms. The van der Waals surface area contributed by atoms with E-state index in [-0.39, 0.29) is 24.6 Å². The highest BCUT2D eigenvalue weighted by Crippen LogP contribution is 2.33. The second-order valence-corrected chi connectivity index (χ2v) is 7.67. The van der Waals surface area contributed by atoms with Crippen molar-refractivity contribution in [1.82, 2.24) is 24.8 Å². The van der Waals surface area contributed by atoms with Crippen LogP contribution in [0.2, 0.25) is 0 Å². The summed E-state index contributed by atoms with van der Waals surface area (Å²) in [5.41, 5.74) is -1.16. The van der Waals surface area contributed by atoms with E-state index in [1.807, 2.05) is 18.7 Å². The Morgan fingerprint density at radius 3 is 2.65 bits per heavy atom. The molecule has 1 aliphatic rings. The fourth-order valence-electron chi connectivity index (χ4n) is 3.68. The fourth-order valence-corrected chi connectivity index (χ4v) is 3.68. The first-order valence-corrected chi connectivity index (χ1v) is 9.69. The van der Waals surface area contributed by atoms with E-state index in [4.69, 9.17) is 0 Å². The lowest BCUT2D eigenvalue weighted by Crippen LogP contribution is -2.53. The van der Waals surface area contributed by atoms with Gasteiger partial charge in [-0.1, -0.05) is 12.1 Å². The normalized spacial score (nSPS) is 14.7. The van der Waals surface area contributed by atoms with Crippen LogP contribution in [0.25, 0.3) is 0 Å². The summed E-state index contributed by atoms with van der Waals surface area (Å²) in [7, 11) is 0. The third kappa shape index (κ3) is 3.72. The molecule has 0 saturated carbocycles. The number of amides is 1. The zero-order valence-corrected chi connectivity index (χ0v) is 17.0. The van der Waals surface area contributed by atoms with Crippen molar-refractivity contribution in [3.05, 3.63) is 76.1 Å². The molecule has 4 rings (SSSR count). The molecule has 0 bridgehead atoms. The van der Waals surface area contributed by atoms with Crippen LogP contribution in [0.1, 0.15) is 35.7 Å². The first-order valence-electron chi connectivity index (χ1n) is 9.69. The molecule has 10 heteroatoms. The predicted octanol–water partition coefficient (Wildman–Crippen LogP) is 1.56. The molecule has 0 aliphatic carbocycles. The highest BCUT2D eigenvalue weighted by Gasteiger charge is 2.39. The molecule has 0 radical (unpaired) electrons. The molecule has 160 valence electrons. The van der Waals surface area contributed by atoms with Gasteiger partial charge in [-0.3, -0.25) is 19.1 Å². The summed E-state index contributed by atoms with van der Waals surface area (Å²) in [5, 5.41) is 13.0. The molecule has 0 saturated heterocycles. The van der Waals surface area contributed by atoms with E-state index in [1.54, 1.807) is 18.6 Å². The number of carbonyl (C=O) groups excluding carboxylic acids is 1. The van der Waals surface area contributed by atoms with Gasteiger partial charge in [-0.05, 0) is 31.5 Å². The number of benzene rings is 1. The lowest BCUT2D eigenvalue weighted by molar-refractivity contribution is 0.0941. The smallest absolute Gasteiger partial charge is 0.296 e. The van der Waals surface area contributed by atoms with Crippen LogP contribution >= 0.6 is 0 Å². The molecule has 31 heavy (non-hydrogen) atoms. The zero-order chi connectivity index (χ0) is 22.2. The van der Waals surface area contributed by atoms with Crippen LogP contribution in [-0.2, 0) is 18.6 Å². The van der Waals surface area contributed by atoms with Gasteiger partial charge >= 0.3 is 0 Å². The van der Waals surface area contributed by atoms with E-state index in [0.29, 0.717) is 23.8 Å². The monoisotopic (exact) mass is 424 g/mol. The predicted molar refractivity (Wildman–Crippen MR) is 110 cm³/mol. The Kier molecular flexibility index (Phi) is 5.14. The van der Waals surface area contributed by atoms with Crippen molar-refractivity contribution in [3.63, 3.8) is 0 Å². The van der Waals surface area contributed by atoms with Crippen LogP contribution in [-0.4, -0.2) is 37.1 Å². The first kappa shape index (κ1) is 20.5. The summed E-state index contributed by atoms with van der Waals surface area (Å²) >= 11 is 0. The Balaban J connectivity index is 1.67. The van der Waals surface area contributed by atoms with Crippen LogP contribution in [0, 0.1) is 5.82 Å². The Hall–Kier alpha value is -3.82. The molecule has 0 unspecified atom stereocenters. The largest absolute Gasteiger partial charge is 0.501 e. The Morgan fingerprint density at radius 1 is 1.23 bits per heavy atom. The van der Waals surface area contributed by atoms with Crippen molar-refractivity contribution in [2.24, 2.45) is 0 Å². The maximum absolute atomic E-state index is 13.1. The number of halogens is 1. The molecular formula is C21H21FN6O3. The second kappa shape index (κ2) is 7.78. The van der Waals surface area contributed by atoms with E-state index in [0.717, 1.165) is 0 Å². The van der Waals surface area contributed by atoms with Gasteiger partial charge < -0.3 is 15.3 Å². The van der Waals surface area contributed by atoms with Gasteiger partial charge in [-0.2, -0.15) is 0 Å². The zero-order valence-electron chi connectivity index (χ0n) is 17.0. The molecule has 2 aromatic heterocycles. The maximum atomic E-state index is 13.1. The summed E-state index contributed by atoms with van der Waals surface area (Å²) in [6.07, 6.45) is 4.76. The van der Waals surface area contributed by atoms with Crippen molar-refractivity contribution in [3.8, 4) is 5.75 Å². The number of nitrogens with zero attached hydrogens (tertiary/aromatic N) is 5. The van der Waals surface area contributed by atoms with E-state index in [9.17, 15) is 19.1 Å². The van der Waals surface area contributed by atoms with Gasteiger partial charge in [0.15, 0.2) is 5.69 Å². The second-order valence-electron chi connectivity index (χ2n) is 7.67. The topological polar surface area (TPSA) is 113 Å². The Morgan fingerprint density at radius 2 is 1.97 bits per heavy atom. The standard InChI is InChI=1S/C21H21FN6O3/c1-21(2)20-26-16(18(30)25-11-13-3-5-14(22)6-4-13)17(29)19(31)27(20)9-10-28(21)15-12-23-7-8-24-15/h3-8,12,29H,9-11H2,1-2H3,(H,25,30). The summed E-state index contributed by atoms with van der Waals surface area (Å²) < 4.78 is 14.4. The number of aromatic hydroxyl groups is 1. The summed E-state index contributed by atoms with van der Waals surface area (Å²) in [6.45, 7) is 4.53. The van der Waals surface area contributed by atoms with Crippen molar-refractivity contribution < 1.29 is 14.3 Å². The van der Waals surface area contributed by atoms with Gasteiger partial charge in [-0.25, -0.2) is 14.4 Å². The number of carbonyl (C=O) groups is 1. The van der Waals surface area contributed by atoms with Gasteiger partial charge in [0.1, 0.15) is 17.5 Å². The lowest BCUT2D eigenvalue weighted by atomic mass is 9.98. The molecule has 0 atom stereocenters. The van der Waals surface area contributed by atoms with Gasteiger partial charge in [0.05, 0.1) is 11.7 Å². The number of rotatable bonds is 4. The molecule has 1 aliphatic heterocycles. The first-order chi connectivity index (χ1) is 14.8. The van der Waals surface area contributed by atoms with E-state index >= 15 is 0 Å². The average Bonchev–Trinajstić information content (AvgIpc) is 2.76. The van der Waals surface area contributed by atoms with E-state index in [2.05, 4.69) is 20.3 Å². The molecule has 1 amide bonds. The molecule has 0 fully saturated rings. The van der Waals surface area contributed by atoms with E-state index in [1.165, 1.54) is 28.8 Å². The number of hydrogen-bond donors (Lipinski definition) is 2. The Labute approximate surface area is 177 Å². The minimum atomic E-state index is -0.798. The van der Waals surface area contributed by atoms with Crippen LogP contribution in [0.15, 0.2) is 47.7 Å². The SMILES string of the molecule is CC1(C)c2nc(C(=O)NCc3ccc(F)cc3)c(O)c(=O)n2CCN1c1cnccn1. The molecular weight excluding hydrogens is 403 g/mol.